The molecule has 0 radical (unpaired) electrons. The number of aliphatic carboxylic acids is 1. The van der Waals surface area contributed by atoms with Crippen LogP contribution in [0, 0.1) is 62.6 Å². The smallest absolute Gasteiger partial charge is 0.309 e. The zero-order valence-corrected chi connectivity index (χ0v) is 22.1. The van der Waals surface area contributed by atoms with Gasteiger partial charge in [-0.1, -0.05) is 54.9 Å². The van der Waals surface area contributed by atoms with E-state index in [4.69, 9.17) is 0 Å². The first-order valence-electron chi connectivity index (χ1n) is 14.1. The summed E-state index contributed by atoms with van der Waals surface area (Å²) >= 11 is 0. The Kier molecular flexibility index (Phi) is 5.08. The maximum atomic E-state index is 12.8. The van der Waals surface area contributed by atoms with Crippen molar-refractivity contribution in [3.8, 4) is 0 Å². The highest BCUT2D eigenvalue weighted by Crippen LogP contribution is 2.77. The standard InChI is InChI=1S/C30H50O2/c1-19-11-16-30(25(31)32)18-17-28(6)21(24(30)20(19)2)9-10-23-27(5)14-8-13-26(3,4)22(27)12-15-29(23,28)7/h19-24H,8-18H2,1-7H3,(H,31,32). The van der Waals surface area contributed by atoms with Gasteiger partial charge in [0.1, 0.15) is 0 Å². The van der Waals surface area contributed by atoms with Crippen LogP contribution in [0.1, 0.15) is 119 Å². The summed E-state index contributed by atoms with van der Waals surface area (Å²) in [6.45, 7) is 17.9. The minimum atomic E-state index is -0.472. The van der Waals surface area contributed by atoms with Crippen molar-refractivity contribution in [1.82, 2.24) is 0 Å². The third-order valence-corrected chi connectivity index (χ3v) is 13.8. The normalized spacial score (nSPS) is 56.8. The zero-order valence-electron chi connectivity index (χ0n) is 22.1. The number of carboxylic acids is 1. The SMILES string of the molecule is CC1CCC2(C(=O)O)CCC3(C)C(CCC4C5(C)CCCC(C)(C)C5CCC43C)C2C1C. The predicted molar refractivity (Wildman–Crippen MR) is 131 cm³/mol. The van der Waals surface area contributed by atoms with E-state index < -0.39 is 11.4 Å². The molecule has 0 aliphatic heterocycles. The second-order valence-electron chi connectivity index (χ2n) is 14.9. The van der Waals surface area contributed by atoms with Crippen LogP contribution in [0.25, 0.3) is 0 Å². The molecule has 5 fully saturated rings. The first-order chi connectivity index (χ1) is 14.8. The van der Waals surface area contributed by atoms with Gasteiger partial charge in [0.15, 0.2) is 0 Å². The quantitative estimate of drug-likeness (QED) is 0.444. The van der Waals surface area contributed by atoms with Gasteiger partial charge in [-0.15, -0.1) is 0 Å². The van der Waals surface area contributed by atoms with Crippen LogP contribution >= 0.6 is 0 Å². The lowest BCUT2D eigenvalue weighted by Gasteiger charge is -2.73. The highest BCUT2D eigenvalue weighted by Gasteiger charge is 2.70. The minimum absolute atomic E-state index is 0.292. The van der Waals surface area contributed by atoms with E-state index in [1.807, 2.05) is 0 Å². The van der Waals surface area contributed by atoms with E-state index in [1.165, 1.54) is 44.9 Å². The number of fused-ring (bicyclic) bond motifs is 7. The van der Waals surface area contributed by atoms with Crippen LogP contribution in [0.2, 0.25) is 0 Å². The number of rotatable bonds is 1. The highest BCUT2D eigenvalue weighted by molar-refractivity contribution is 5.75. The molecule has 0 bridgehead atoms. The molecule has 10 unspecified atom stereocenters. The Morgan fingerprint density at radius 3 is 2.16 bits per heavy atom. The lowest BCUT2D eigenvalue weighted by atomic mass is 9.31. The Bertz CT molecular complexity index is 786. The molecule has 0 amide bonds. The van der Waals surface area contributed by atoms with E-state index in [1.54, 1.807) is 0 Å². The monoisotopic (exact) mass is 442 g/mol. The van der Waals surface area contributed by atoms with Gasteiger partial charge in [-0.2, -0.15) is 0 Å². The molecule has 5 rings (SSSR count). The van der Waals surface area contributed by atoms with Crippen LogP contribution in [0.4, 0.5) is 0 Å². The molecule has 0 spiro atoms. The molecule has 0 saturated heterocycles. The second kappa shape index (κ2) is 7.00. The molecule has 2 heteroatoms. The second-order valence-corrected chi connectivity index (χ2v) is 14.9. The fourth-order valence-corrected chi connectivity index (χ4v) is 11.8. The van der Waals surface area contributed by atoms with Gasteiger partial charge in [-0.05, 0) is 121 Å². The summed E-state index contributed by atoms with van der Waals surface area (Å²) in [7, 11) is 0. The Hall–Kier alpha value is -0.530. The van der Waals surface area contributed by atoms with Crippen LogP contribution in [0.3, 0.4) is 0 Å². The molecule has 32 heavy (non-hydrogen) atoms. The molecule has 182 valence electrons. The molecule has 5 saturated carbocycles. The summed E-state index contributed by atoms with van der Waals surface area (Å²) in [5.74, 6) is 3.34. The largest absolute Gasteiger partial charge is 0.481 e. The molecule has 0 heterocycles. The van der Waals surface area contributed by atoms with Gasteiger partial charge in [-0.25, -0.2) is 0 Å². The third kappa shape index (κ3) is 2.68. The minimum Gasteiger partial charge on any atom is -0.481 e. The van der Waals surface area contributed by atoms with Crippen molar-refractivity contribution in [2.45, 2.75) is 119 Å². The van der Waals surface area contributed by atoms with Gasteiger partial charge in [0, 0.05) is 0 Å². The van der Waals surface area contributed by atoms with E-state index in [9.17, 15) is 9.90 Å². The zero-order chi connectivity index (χ0) is 23.3. The van der Waals surface area contributed by atoms with Gasteiger partial charge in [0.05, 0.1) is 5.41 Å². The van der Waals surface area contributed by atoms with E-state index >= 15 is 0 Å². The van der Waals surface area contributed by atoms with E-state index in [0.717, 1.165) is 37.5 Å². The van der Waals surface area contributed by atoms with Crippen molar-refractivity contribution in [3.63, 3.8) is 0 Å². The van der Waals surface area contributed by atoms with Gasteiger partial charge in [-0.3, -0.25) is 4.79 Å². The number of carbonyl (C=O) groups is 1. The number of carboxylic acid groups (broad SMARTS) is 1. The van der Waals surface area contributed by atoms with Crippen molar-refractivity contribution < 1.29 is 9.90 Å². The van der Waals surface area contributed by atoms with E-state index in [2.05, 4.69) is 48.5 Å². The van der Waals surface area contributed by atoms with Crippen molar-refractivity contribution in [2.75, 3.05) is 0 Å². The van der Waals surface area contributed by atoms with Crippen LogP contribution in [-0.4, -0.2) is 11.1 Å². The molecule has 5 aliphatic carbocycles. The topological polar surface area (TPSA) is 37.3 Å². The summed E-state index contributed by atoms with van der Waals surface area (Å²) in [6, 6.07) is 0. The third-order valence-electron chi connectivity index (χ3n) is 13.8. The van der Waals surface area contributed by atoms with Gasteiger partial charge in [0.25, 0.3) is 0 Å². The summed E-state index contributed by atoms with van der Waals surface area (Å²) in [6.07, 6.45) is 13.7. The summed E-state index contributed by atoms with van der Waals surface area (Å²) in [4.78, 5) is 12.8. The van der Waals surface area contributed by atoms with Crippen LogP contribution in [0.5, 0.6) is 0 Å². The maximum absolute atomic E-state index is 12.8. The number of hydrogen-bond acceptors (Lipinski definition) is 1. The predicted octanol–water partition coefficient (Wildman–Crippen LogP) is 8.20. The molecule has 2 nitrogen and oxygen atoms in total. The fourth-order valence-electron chi connectivity index (χ4n) is 11.8. The first-order valence-corrected chi connectivity index (χ1v) is 14.1. The summed E-state index contributed by atoms with van der Waals surface area (Å²) < 4.78 is 0. The fraction of sp³-hybridized carbons (Fsp3) is 0.967. The van der Waals surface area contributed by atoms with Crippen LogP contribution < -0.4 is 0 Å². The van der Waals surface area contributed by atoms with Crippen molar-refractivity contribution in [1.29, 1.82) is 0 Å². The lowest BCUT2D eigenvalue weighted by molar-refractivity contribution is -0.250. The molecule has 0 aromatic carbocycles. The highest BCUT2D eigenvalue weighted by atomic mass is 16.4. The molecular weight excluding hydrogens is 392 g/mol. The van der Waals surface area contributed by atoms with E-state index in [-0.39, 0.29) is 0 Å². The molecule has 0 aromatic heterocycles. The average Bonchev–Trinajstić information content (AvgIpc) is 2.70. The van der Waals surface area contributed by atoms with E-state index in [0.29, 0.717) is 45.3 Å². The van der Waals surface area contributed by atoms with Crippen LogP contribution in [0.15, 0.2) is 0 Å². The molecular formula is C30H50O2. The van der Waals surface area contributed by atoms with Crippen LogP contribution in [-0.2, 0) is 4.79 Å². The van der Waals surface area contributed by atoms with Crippen molar-refractivity contribution in [2.24, 2.45) is 62.6 Å². The lowest BCUT2D eigenvalue weighted by Crippen LogP contribution is -2.67. The maximum Gasteiger partial charge on any atom is 0.309 e. The number of hydrogen-bond donors (Lipinski definition) is 1. The average molecular weight is 443 g/mol. The molecule has 0 aromatic rings. The van der Waals surface area contributed by atoms with Crippen molar-refractivity contribution >= 4 is 5.97 Å². The Labute approximate surface area is 197 Å². The molecule has 1 N–H and O–H groups in total. The Balaban J connectivity index is 1.56. The van der Waals surface area contributed by atoms with Gasteiger partial charge in [0.2, 0.25) is 0 Å². The summed E-state index contributed by atoms with van der Waals surface area (Å²) in [5.41, 5.74) is 1.15. The van der Waals surface area contributed by atoms with Crippen molar-refractivity contribution in [3.05, 3.63) is 0 Å². The summed E-state index contributed by atoms with van der Waals surface area (Å²) in [5, 5.41) is 10.6. The van der Waals surface area contributed by atoms with Gasteiger partial charge >= 0.3 is 5.97 Å². The Morgan fingerprint density at radius 2 is 1.47 bits per heavy atom. The molecule has 10 atom stereocenters. The Morgan fingerprint density at radius 1 is 0.750 bits per heavy atom. The molecule has 5 aliphatic rings. The first kappa shape index (κ1) is 23.2. The van der Waals surface area contributed by atoms with Gasteiger partial charge < -0.3 is 5.11 Å².